The Morgan fingerprint density at radius 3 is 2.38 bits per heavy atom. The van der Waals surface area contributed by atoms with Crippen LogP contribution in [0.25, 0.3) is 0 Å². The molecule has 0 aliphatic carbocycles. The van der Waals surface area contributed by atoms with Crippen molar-refractivity contribution in [3.05, 3.63) is 89.7 Å². The Morgan fingerprint density at radius 2 is 1.69 bits per heavy atom. The Kier molecular flexibility index (Phi) is 6.89. The summed E-state index contributed by atoms with van der Waals surface area (Å²) in [7, 11) is -2.52. The molecule has 0 saturated heterocycles. The molecule has 32 heavy (non-hydrogen) atoms. The van der Waals surface area contributed by atoms with Crippen LogP contribution in [-0.2, 0) is 19.6 Å². The second-order valence-corrected chi connectivity index (χ2v) is 8.91. The number of carbonyl (C=O) groups excluding carboxylic acids is 2. The molecular weight excluding hydrogens is 435 g/mol. The summed E-state index contributed by atoms with van der Waals surface area (Å²) in [4.78, 5) is 24.2. The normalized spacial score (nSPS) is 11.0. The highest BCUT2D eigenvalue weighted by molar-refractivity contribution is 7.92. The van der Waals surface area contributed by atoms with E-state index in [1.54, 1.807) is 30.3 Å². The number of amides is 1. The molecule has 0 aromatic heterocycles. The van der Waals surface area contributed by atoms with E-state index >= 15 is 0 Å². The second kappa shape index (κ2) is 9.61. The molecule has 166 valence electrons. The molecular formula is C23H21FN2O5S. The van der Waals surface area contributed by atoms with Gasteiger partial charge in [-0.25, -0.2) is 17.6 Å². The van der Waals surface area contributed by atoms with E-state index in [1.165, 1.54) is 49.5 Å². The molecule has 9 heteroatoms. The second-order valence-electron chi connectivity index (χ2n) is 6.94. The molecule has 0 bridgehead atoms. The summed E-state index contributed by atoms with van der Waals surface area (Å²) < 4.78 is 45.6. The van der Waals surface area contributed by atoms with Gasteiger partial charge in [-0.1, -0.05) is 35.9 Å². The summed E-state index contributed by atoms with van der Waals surface area (Å²) in [5.74, 6) is -2.24. The Hall–Kier alpha value is -3.72. The van der Waals surface area contributed by atoms with E-state index in [2.05, 4.69) is 5.32 Å². The van der Waals surface area contributed by atoms with Crippen LogP contribution in [0.2, 0.25) is 0 Å². The number of benzene rings is 3. The molecule has 0 atom stereocenters. The minimum Gasteiger partial charge on any atom is -0.452 e. The molecule has 3 rings (SSSR count). The monoisotopic (exact) mass is 456 g/mol. The maximum absolute atomic E-state index is 13.6. The maximum atomic E-state index is 13.6. The number of hydrogen-bond acceptors (Lipinski definition) is 5. The summed E-state index contributed by atoms with van der Waals surface area (Å²) in [5.41, 5.74) is 1.37. The molecule has 3 aromatic rings. The van der Waals surface area contributed by atoms with Gasteiger partial charge in [-0.15, -0.1) is 0 Å². The third-order valence-corrected chi connectivity index (χ3v) is 6.39. The minimum atomic E-state index is -3.93. The van der Waals surface area contributed by atoms with Crippen molar-refractivity contribution in [2.45, 2.75) is 11.8 Å². The molecule has 0 aliphatic heterocycles. The first-order chi connectivity index (χ1) is 15.2. The molecule has 0 fully saturated rings. The molecule has 1 N–H and O–H groups in total. The van der Waals surface area contributed by atoms with Crippen molar-refractivity contribution in [3.8, 4) is 0 Å². The molecule has 3 aromatic carbocycles. The van der Waals surface area contributed by atoms with Crippen LogP contribution in [0.1, 0.15) is 15.9 Å². The van der Waals surface area contributed by atoms with E-state index in [9.17, 15) is 22.4 Å². The summed E-state index contributed by atoms with van der Waals surface area (Å²) in [6, 6.07) is 17.8. The zero-order chi connectivity index (χ0) is 23.3. The number of aryl methyl sites for hydroxylation is 1. The number of nitrogens with one attached hydrogen (secondary N) is 1. The average molecular weight is 456 g/mol. The number of para-hydroxylation sites is 1. The van der Waals surface area contributed by atoms with E-state index in [4.69, 9.17) is 4.74 Å². The third kappa shape index (κ3) is 5.30. The summed E-state index contributed by atoms with van der Waals surface area (Å²) in [5, 5.41) is 2.30. The van der Waals surface area contributed by atoms with Crippen LogP contribution in [0.3, 0.4) is 0 Å². The van der Waals surface area contributed by atoms with Crippen LogP contribution in [-0.4, -0.2) is 33.9 Å². The summed E-state index contributed by atoms with van der Waals surface area (Å²) in [6.07, 6.45) is 0. The van der Waals surface area contributed by atoms with Crippen LogP contribution >= 0.6 is 0 Å². The molecule has 0 aliphatic rings. The third-order valence-electron chi connectivity index (χ3n) is 4.61. The van der Waals surface area contributed by atoms with Crippen LogP contribution < -0.4 is 9.62 Å². The number of carbonyl (C=O) groups is 2. The first kappa shape index (κ1) is 23.0. The topological polar surface area (TPSA) is 92.8 Å². The zero-order valence-electron chi connectivity index (χ0n) is 17.4. The van der Waals surface area contributed by atoms with Crippen molar-refractivity contribution in [1.82, 2.24) is 0 Å². The fourth-order valence-corrected chi connectivity index (χ4v) is 4.04. The fourth-order valence-electron chi connectivity index (χ4n) is 2.80. The van der Waals surface area contributed by atoms with Gasteiger partial charge in [0.1, 0.15) is 5.82 Å². The Balaban J connectivity index is 1.69. The van der Waals surface area contributed by atoms with Crippen molar-refractivity contribution < 1.29 is 27.1 Å². The predicted molar refractivity (Wildman–Crippen MR) is 119 cm³/mol. The minimum absolute atomic E-state index is 0.0397. The summed E-state index contributed by atoms with van der Waals surface area (Å²) >= 11 is 0. The number of hydrogen-bond donors (Lipinski definition) is 1. The number of anilines is 2. The number of sulfonamides is 1. The highest BCUT2D eigenvalue weighted by atomic mass is 32.2. The highest BCUT2D eigenvalue weighted by Gasteiger charge is 2.23. The van der Waals surface area contributed by atoms with Crippen molar-refractivity contribution >= 4 is 33.3 Å². The first-order valence-electron chi connectivity index (χ1n) is 9.55. The van der Waals surface area contributed by atoms with Gasteiger partial charge >= 0.3 is 5.97 Å². The van der Waals surface area contributed by atoms with Gasteiger partial charge in [0.25, 0.3) is 15.9 Å². The lowest BCUT2D eigenvalue weighted by molar-refractivity contribution is -0.119. The first-order valence-corrected chi connectivity index (χ1v) is 11.0. The standard InChI is InChI=1S/C23H21FN2O5S/c1-16-10-12-18(13-11-16)26(2)32(29,30)19-7-5-6-17(14-19)23(28)31-15-22(27)25-21-9-4-3-8-20(21)24/h3-14H,15H2,1-2H3,(H,25,27). The van der Waals surface area contributed by atoms with Gasteiger partial charge in [0.2, 0.25) is 0 Å². The van der Waals surface area contributed by atoms with E-state index in [0.29, 0.717) is 5.69 Å². The van der Waals surface area contributed by atoms with Crippen LogP contribution in [0, 0.1) is 12.7 Å². The lowest BCUT2D eigenvalue weighted by Crippen LogP contribution is -2.27. The highest BCUT2D eigenvalue weighted by Crippen LogP contribution is 2.23. The summed E-state index contributed by atoms with van der Waals surface area (Å²) in [6.45, 7) is 1.23. The smallest absolute Gasteiger partial charge is 0.338 e. The molecule has 0 spiro atoms. The number of esters is 1. The number of halogens is 1. The van der Waals surface area contributed by atoms with Gasteiger partial charge in [0.05, 0.1) is 21.8 Å². The Labute approximate surface area is 185 Å². The average Bonchev–Trinajstić information content (AvgIpc) is 2.79. The van der Waals surface area contributed by atoms with E-state index in [0.717, 1.165) is 9.87 Å². The molecule has 1 amide bonds. The number of rotatable bonds is 7. The Bertz CT molecular complexity index is 1240. The van der Waals surface area contributed by atoms with E-state index in [-0.39, 0.29) is 16.1 Å². The van der Waals surface area contributed by atoms with Crippen molar-refractivity contribution in [2.75, 3.05) is 23.3 Å². The van der Waals surface area contributed by atoms with Crippen molar-refractivity contribution in [2.24, 2.45) is 0 Å². The zero-order valence-corrected chi connectivity index (χ0v) is 18.2. The van der Waals surface area contributed by atoms with Gasteiger partial charge in [-0.3, -0.25) is 9.10 Å². The van der Waals surface area contributed by atoms with Gasteiger partial charge < -0.3 is 10.1 Å². The van der Waals surface area contributed by atoms with Crippen molar-refractivity contribution in [1.29, 1.82) is 0 Å². The molecule has 0 heterocycles. The van der Waals surface area contributed by atoms with Crippen molar-refractivity contribution in [3.63, 3.8) is 0 Å². The number of ether oxygens (including phenoxy) is 1. The SMILES string of the molecule is Cc1ccc(N(C)S(=O)(=O)c2cccc(C(=O)OCC(=O)Nc3ccccc3F)c2)cc1. The van der Waals surface area contributed by atoms with Gasteiger partial charge in [0, 0.05) is 7.05 Å². The largest absolute Gasteiger partial charge is 0.452 e. The van der Waals surface area contributed by atoms with Crippen LogP contribution in [0.5, 0.6) is 0 Å². The molecule has 7 nitrogen and oxygen atoms in total. The van der Waals surface area contributed by atoms with E-state index < -0.39 is 34.3 Å². The van der Waals surface area contributed by atoms with Crippen LogP contribution in [0.4, 0.5) is 15.8 Å². The number of nitrogens with zero attached hydrogens (tertiary/aromatic N) is 1. The Morgan fingerprint density at radius 1 is 1.00 bits per heavy atom. The molecule has 0 radical (unpaired) electrons. The van der Waals surface area contributed by atoms with Crippen LogP contribution in [0.15, 0.2) is 77.7 Å². The van der Waals surface area contributed by atoms with E-state index in [1.807, 2.05) is 6.92 Å². The molecule has 0 unspecified atom stereocenters. The quantitative estimate of drug-likeness (QED) is 0.547. The lowest BCUT2D eigenvalue weighted by atomic mass is 10.2. The fraction of sp³-hybridized carbons (Fsp3) is 0.130. The maximum Gasteiger partial charge on any atom is 0.338 e. The van der Waals surface area contributed by atoms with Gasteiger partial charge in [-0.05, 0) is 49.4 Å². The molecule has 0 saturated carbocycles. The predicted octanol–water partition coefficient (Wildman–Crippen LogP) is 3.75. The lowest BCUT2D eigenvalue weighted by Gasteiger charge is -2.20. The van der Waals surface area contributed by atoms with Gasteiger partial charge in [-0.2, -0.15) is 0 Å². The van der Waals surface area contributed by atoms with Gasteiger partial charge in [0.15, 0.2) is 6.61 Å².